The molecule has 0 bridgehead atoms. The van der Waals surface area contributed by atoms with Gasteiger partial charge in [0, 0.05) is 45.6 Å². The summed E-state index contributed by atoms with van der Waals surface area (Å²) >= 11 is 4.84. The summed E-state index contributed by atoms with van der Waals surface area (Å²) in [6.07, 6.45) is 6.63. The smallest absolute Gasteiger partial charge is 0.223 e. The molecule has 0 aliphatic heterocycles. The highest BCUT2D eigenvalue weighted by Crippen LogP contribution is 2.34. The summed E-state index contributed by atoms with van der Waals surface area (Å²) in [5, 5.41) is 0. The molecule has 2 aliphatic rings. The fourth-order valence-electron chi connectivity index (χ4n) is 2.33. The van der Waals surface area contributed by atoms with E-state index in [2.05, 4.69) is 4.90 Å². The number of carbonyl (C=O) groups is 1. The molecule has 108 valence electrons. The van der Waals surface area contributed by atoms with Gasteiger partial charge in [-0.3, -0.25) is 9.69 Å². The van der Waals surface area contributed by atoms with Gasteiger partial charge in [0.2, 0.25) is 5.91 Å². The highest BCUT2D eigenvalue weighted by atomic mass is 32.1. The van der Waals surface area contributed by atoms with E-state index in [0.29, 0.717) is 24.4 Å². The molecule has 0 atom stereocenters. The molecule has 2 saturated carbocycles. The summed E-state index contributed by atoms with van der Waals surface area (Å²) in [5.41, 5.74) is 5.46. The van der Waals surface area contributed by atoms with E-state index >= 15 is 0 Å². The van der Waals surface area contributed by atoms with Gasteiger partial charge in [0.25, 0.3) is 0 Å². The fraction of sp³-hybridized carbons (Fsp3) is 0.857. The normalized spacial score (nSPS) is 18.6. The summed E-state index contributed by atoms with van der Waals surface area (Å²) in [5.74, 6) is 1.11. The monoisotopic (exact) mass is 283 g/mol. The molecule has 2 aliphatic carbocycles. The standard InChI is InChI=1S/C14H25N3OS/c1-16(8-6-13(15)19)14(18)7-9-17(12-4-5-12)10-11-2-3-11/h11-12H,2-10H2,1H3,(H2,15,19). The molecule has 2 N–H and O–H groups in total. The van der Waals surface area contributed by atoms with Gasteiger partial charge >= 0.3 is 0 Å². The first kappa shape index (κ1) is 14.7. The summed E-state index contributed by atoms with van der Waals surface area (Å²) in [6, 6.07) is 0.760. The molecule has 0 unspecified atom stereocenters. The van der Waals surface area contributed by atoms with Gasteiger partial charge in [-0.05, 0) is 31.6 Å². The van der Waals surface area contributed by atoms with E-state index in [-0.39, 0.29) is 5.91 Å². The van der Waals surface area contributed by atoms with Crippen molar-refractivity contribution in [1.82, 2.24) is 9.80 Å². The van der Waals surface area contributed by atoms with Crippen molar-refractivity contribution in [1.29, 1.82) is 0 Å². The third-order valence-electron chi connectivity index (χ3n) is 3.99. The van der Waals surface area contributed by atoms with Crippen LogP contribution >= 0.6 is 12.2 Å². The summed E-state index contributed by atoms with van der Waals surface area (Å²) in [7, 11) is 1.84. The van der Waals surface area contributed by atoms with Crippen molar-refractivity contribution in [2.75, 3.05) is 26.7 Å². The van der Waals surface area contributed by atoms with Crippen LogP contribution in [0.15, 0.2) is 0 Å². The highest BCUT2D eigenvalue weighted by Gasteiger charge is 2.33. The van der Waals surface area contributed by atoms with Crippen molar-refractivity contribution in [2.45, 2.75) is 44.6 Å². The van der Waals surface area contributed by atoms with E-state index in [0.717, 1.165) is 18.5 Å². The zero-order chi connectivity index (χ0) is 13.8. The molecular weight excluding hydrogens is 258 g/mol. The molecule has 0 aromatic rings. The lowest BCUT2D eigenvalue weighted by Gasteiger charge is -2.23. The molecule has 2 rings (SSSR count). The molecule has 5 heteroatoms. The van der Waals surface area contributed by atoms with Crippen LogP contribution in [-0.4, -0.2) is 53.4 Å². The van der Waals surface area contributed by atoms with E-state index in [1.807, 2.05) is 7.05 Å². The van der Waals surface area contributed by atoms with Gasteiger partial charge in [-0.25, -0.2) is 0 Å². The average Bonchev–Trinajstić information content (AvgIpc) is 3.23. The second-order valence-electron chi connectivity index (χ2n) is 5.95. The largest absolute Gasteiger partial charge is 0.393 e. The van der Waals surface area contributed by atoms with Gasteiger partial charge < -0.3 is 10.6 Å². The Morgan fingerprint density at radius 3 is 2.42 bits per heavy atom. The molecule has 0 aromatic heterocycles. The van der Waals surface area contributed by atoms with E-state index in [9.17, 15) is 4.79 Å². The van der Waals surface area contributed by atoms with Gasteiger partial charge in [0.05, 0.1) is 4.99 Å². The van der Waals surface area contributed by atoms with E-state index in [4.69, 9.17) is 18.0 Å². The Kier molecular flexibility index (Phi) is 5.16. The van der Waals surface area contributed by atoms with Crippen molar-refractivity contribution in [3.63, 3.8) is 0 Å². The highest BCUT2D eigenvalue weighted by molar-refractivity contribution is 7.80. The maximum absolute atomic E-state index is 12.0. The molecule has 1 amide bonds. The zero-order valence-electron chi connectivity index (χ0n) is 11.8. The fourth-order valence-corrected chi connectivity index (χ4v) is 2.42. The Hall–Kier alpha value is -0.680. The van der Waals surface area contributed by atoms with Gasteiger partial charge in [0.1, 0.15) is 0 Å². The first-order valence-electron chi connectivity index (χ1n) is 7.32. The summed E-state index contributed by atoms with van der Waals surface area (Å²) < 4.78 is 0. The number of rotatable bonds is 9. The lowest BCUT2D eigenvalue weighted by Crippen LogP contribution is -2.35. The third kappa shape index (κ3) is 5.45. The first-order chi connectivity index (χ1) is 9.06. The minimum Gasteiger partial charge on any atom is -0.393 e. The topological polar surface area (TPSA) is 49.6 Å². The Labute approximate surface area is 121 Å². The molecular formula is C14H25N3OS. The Morgan fingerprint density at radius 1 is 1.21 bits per heavy atom. The predicted octanol–water partition coefficient (Wildman–Crippen LogP) is 1.39. The van der Waals surface area contributed by atoms with Crippen molar-refractivity contribution in [3.05, 3.63) is 0 Å². The number of nitrogens with zero attached hydrogens (tertiary/aromatic N) is 2. The number of nitrogens with two attached hydrogens (primary N) is 1. The van der Waals surface area contributed by atoms with Crippen LogP contribution in [-0.2, 0) is 4.79 Å². The maximum Gasteiger partial charge on any atom is 0.223 e. The molecule has 2 fully saturated rings. The number of carbonyl (C=O) groups excluding carboxylic acids is 1. The molecule has 0 heterocycles. The number of amides is 1. The van der Waals surface area contributed by atoms with Gasteiger partial charge in [-0.2, -0.15) is 0 Å². The van der Waals surface area contributed by atoms with Crippen LogP contribution in [0.1, 0.15) is 38.5 Å². The second kappa shape index (κ2) is 6.66. The van der Waals surface area contributed by atoms with Crippen LogP contribution in [0, 0.1) is 5.92 Å². The third-order valence-corrected chi connectivity index (χ3v) is 4.19. The van der Waals surface area contributed by atoms with Crippen molar-refractivity contribution in [2.24, 2.45) is 11.7 Å². The van der Waals surface area contributed by atoms with Crippen molar-refractivity contribution < 1.29 is 4.79 Å². The van der Waals surface area contributed by atoms with Gasteiger partial charge in [0.15, 0.2) is 0 Å². The summed E-state index contributed by atoms with van der Waals surface area (Å²) in [6.45, 7) is 2.76. The molecule has 0 saturated heterocycles. The van der Waals surface area contributed by atoms with Crippen molar-refractivity contribution in [3.8, 4) is 0 Å². The van der Waals surface area contributed by atoms with Crippen LogP contribution in [0.2, 0.25) is 0 Å². The van der Waals surface area contributed by atoms with Crippen LogP contribution in [0.4, 0.5) is 0 Å². The quantitative estimate of drug-likeness (QED) is 0.650. The maximum atomic E-state index is 12.0. The van der Waals surface area contributed by atoms with Crippen LogP contribution in [0.5, 0.6) is 0 Å². The van der Waals surface area contributed by atoms with E-state index in [1.54, 1.807) is 4.90 Å². The van der Waals surface area contributed by atoms with Crippen LogP contribution < -0.4 is 5.73 Å². The van der Waals surface area contributed by atoms with E-state index < -0.39 is 0 Å². The first-order valence-corrected chi connectivity index (χ1v) is 7.73. The predicted molar refractivity (Wildman–Crippen MR) is 81.0 cm³/mol. The van der Waals surface area contributed by atoms with Crippen LogP contribution in [0.3, 0.4) is 0 Å². The number of thiocarbonyl (C=S) groups is 1. The second-order valence-corrected chi connectivity index (χ2v) is 6.48. The Bertz CT molecular complexity index is 340. The molecule has 0 radical (unpaired) electrons. The average molecular weight is 283 g/mol. The lowest BCUT2D eigenvalue weighted by molar-refractivity contribution is -0.130. The number of hydrogen-bond donors (Lipinski definition) is 1. The van der Waals surface area contributed by atoms with Crippen LogP contribution in [0.25, 0.3) is 0 Å². The minimum atomic E-state index is 0.206. The molecule has 19 heavy (non-hydrogen) atoms. The minimum absolute atomic E-state index is 0.206. The van der Waals surface area contributed by atoms with Gasteiger partial charge in [-0.15, -0.1) is 0 Å². The Morgan fingerprint density at radius 2 is 1.89 bits per heavy atom. The molecule has 4 nitrogen and oxygen atoms in total. The molecule has 0 aromatic carbocycles. The summed E-state index contributed by atoms with van der Waals surface area (Å²) in [4.78, 5) is 16.8. The van der Waals surface area contributed by atoms with Gasteiger partial charge in [-0.1, -0.05) is 12.2 Å². The Balaban J connectivity index is 1.66. The SMILES string of the molecule is CN(CCC(N)=S)C(=O)CCN(CC1CC1)C1CC1. The molecule has 0 spiro atoms. The number of hydrogen-bond acceptors (Lipinski definition) is 3. The lowest BCUT2D eigenvalue weighted by atomic mass is 10.3. The zero-order valence-corrected chi connectivity index (χ0v) is 12.6. The van der Waals surface area contributed by atoms with Crippen molar-refractivity contribution >= 4 is 23.1 Å². The van der Waals surface area contributed by atoms with E-state index in [1.165, 1.54) is 32.2 Å².